The molecule has 172 valence electrons. The number of hydrogen-bond acceptors (Lipinski definition) is 8. The molecule has 1 aliphatic heterocycles. The van der Waals surface area contributed by atoms with E-state index in [1.165, 1.54) is 11.8 Å². The fourth-order valence-electron chi connectivity index (χ4n) is 3.84. The molecule has 4 aromatic rings. The van der Waals surface area contributed by atoms with Crippen LogP contribution in [0.2, 0.25) is 0 Å². The predicted molar refractivity (Wildman–Crippen MR) is 130 cm³/mol. The molecule has 10 heteroatoms. The number of carbonyl (C=O) groups is 1. The summed E-state index contributed by atoms with van der Waals surface area (Å²) in [6, 6.07) is 15.8. The van der Waals surface area contributed by atoms with Gasteiger partial charge in [-0.05, 0) is 23.8 Å². The molecule has 1 amide bonds. The molecule has 3 aromatic heterocycles. The maximum Gasteiger partial charge on any atom is 0.233 e. The number of hydrogen-bond donors (Lipinski definition) is 0. The molecule has 9 nitrogen and oxygen atoms in total. The van der Waals surface area contributed by atoms with E-state index < -0.39 is 0 Å². The third-order valence-corrected chi connectivity index (χ3v) is 6.56. The molecule has 0 atom stereocenters. The van der Waals surface area contributed by atoms with Crippen molar-refractivity contribution in [3.63, 3.8) is 0 Å². The zero-order valence-corrected chi connectivity index (χ0v) is 19.4. The third-order valence-electron chi connectivity index (χ3n) is 5.61. The zero-order chi connectivity index (χ0) is 23.2. The SMILES string of the molecule is O=C(CSc1nnc(-c2cccnc2)n1Cc1ccccc1)N1CCN(c2ncccn2)CC1. The highest BCUT2D eigenvalue weighted by Gasteiger charge is 2.23. The molecule has 1 fully saturated rings. The Kier molecular flexibility index (Phi) is 6.76. The van der Waals surface area contributed by atoms with Crippen molar-refractivity contribution >= 4 is 23.6 Å². The first-order valence-electron chi connectivity index (χ1n) is 11.1. The maximum atomic E-state index is 12.9. The van der Waals surface area contributed by atoms with E-state index in [0.717, 1.165) is 30.0 Å². The van der Waals surface area contributed by atoms with Crippen LogP contribution in [0.1, 0.15) is 5.56 Å². The van der Waals surface area contributed by atoms with E-state index in [2.05, 4.69) is 46.7 Å². The van der Waals surface area contributed by atoms with Crippen LogP contribution < -0.4 is 4.90 Å². The standard InChI is InChI=1S/C24H24N8OS/c33-21(30-12-14-31(15-13-30)23-26-10-5-11-27-23)18-34-24-29-28-22(20-8-4-9-25-16-20)32(24)17-19-6-2-1-3-7-19/h1-11,16H,12-15,17-18H2. The summed E-state index contributed by atoms with van der Waals surface area (Å²) in [5.74, 6) is 1.85. The van der Waals surface area contributed by atoms with Gasteiger partial charge in [0.05, 0.1) is 12.3 Å². The number of amides is 1. The van der Waals surface area contributed by atoms with E-state index in [-0.39, 0.29) is 5.91 Å². The van der Waals surface area contributed by atoms with Crippen LogP contribution in [-0.2, 0) is 11.3 Å². The lowest BCUT2D eigenvalue weighted by Gasteiger charge is -2.34. The number of carbonyl (C=O) groups excluding carboxylic acids is 1. The van der Waals surface area contributed by atoms with Crippen LogP contribution in [0.25, 0.3) is 11.4 Å². The van der Waals surface area contributed by atoms with Gasteiger partial charge in [-0.15, -0.1) is 10.2 Å². The summed E-state index contributed by atoms with van der Waals surface area (Å²) < 4.78 is 2.05. The Hall–Kier alpha value is -3.79. The van der Waals surface area contributed by atoms with E-state index in [0.29, 0.717) is 36.5 Å². The van der Waals surface area contributed by atoms with Crippen molar-refractivity contribution in [2.24, 2.45) is 0 Å². The molecule has 0 aliphatic carbocycles. The van der Waals surface area contributed by atoms with Gasteiger partial charge in [-0.1, -0.05) is 42.1 Å². The number of aromatic nitrogens is 6. The molecule has 1 saturated heterocycles. The molecule has 0 unspecified atom stereocenters. The number of nitrogens with zero attached hydrogens (tertiary/aromatic N) is 8. The van der Waals surface area contributed by atoms with E-state index in [1.807, 2.05) is 35.2 Å². The van der Waals surface area contributed by atoms with Crippen molar-refractivity contribution in [1.29, 1.82) is 0 Å². The molecule has 0 saturated carbocycles. The number of pyridine rings is 1. The lowest BCUT2D eigenvalue weighted by molar-refractivity contribution is -0.128. The smallest absolute Gasteiger partial charge is 0.233 e. The first kappa shape index (κ1) is 22.0. The summed E-state index contributed by atoms with van der Waals surface area (Å²) in [7, 11) is 0. The Balaban J connectivity index is 1.26. The monoisotopic (exact) mass is 472 g/mol. The van der Waals surface area contributed by atoms with Crippen LogP contribution in [-0.4, -0.2) is 72.5 Å². The van der Waals surface area contributed by atoms with Crippen LogP contribution in [0.4, 0.5) is 5.95 Å². The van der Waals surface area contributed by atoms with E-state index in [1.54, 1.807) is 30.9 Å². The van der Waals surface area contributed by atoms with Gasteiger partial charge >= 0.3 is 0 Å². The molecule has 0 radical (unpaired) electrons. The lowest BCUT2D eigenvalue weighted by atomic mass is 10.2. The highest BCUT2D eigenvalue weighted by molar-refractivity contribution is 7.99. The summed E-state index contributed by atoms with van der Waals surface area (Å²) in [6.07, 6.45) is 6.99. The second-order valence-corrected chi connectivity index (χ2v) is 8.77. The number of piperazine rings is 1. The quantitative estimate of drug-likeness (QED) is 0.379. The van der Waals surface area contributed by atoms with Gasteiger partial charge in [0.25, 0.3) is 0 Å². The van der Waals surface area contributed by atoms with Crippen molar-refractivity contribution in [2.75, 3.05) is 36.8 Å². The minimum Gasteiger partial charge on any atom is -0.338 e. The van der Waals surface area contributed by atoms with Crippen LogP contribution >= 0.6 is 11.8 Å². The summed E-state index contributed by atoms with van der Waals surface area (Å²) in [5, 5.41) is 9.55. The van der Waals surface area contributed by atoms with Gasteiger partial charge in [0.15, 0.2) is 11.0 Å². The zero-order valence-electron chi connectivity index (χ0n) is 18.6. The van der Waals surface area contributed by atoms with Crippen LogP contribution in [0.3, 0.4) is 0 Å². The molecule has 0 bridgehead atoms. The van der Waals surface area contributed by atoms with Gasteiger partial charge in [0, 0.05) is 56.5 Å². The van der Waals surface area contributed by atoms with Crippen LogP contribution in [0.5, 0.6) is 0 Å². The van der Waals surface area contributed by atoms with Crippen molar-refractivity contribution < 1.29 is 4.79 Å². The Morgan fingerprint density at radius 1 is 0.882 bits per heavy atom. The van der Waals surface area contributed by atoms with Crippen molar-refractivity contribution in [1.82, 2.24) is 34.6 Å². The fraction of sp³-hybridized carbons (Fsp3) is 0.250. The first-order valence-corrected chi connectivity index (χ1v) is 12.1. The van der Waals surface area contributed by atoms with Crippen LogP contribution in [0.15, 0.2) is 78.5 Å². The van der Waals surface area contributed by atoms with Gasteiger partial charge < -0.3 is 9.80 Å². The van der Waals surface area contributed by atoms with E-state index >= 15 is 0 Å². The minimum atomic E-state index is 0.0934. The molecule has 4 heterocycles. The minimum absolute atomic E-state index is 0.0934. The lowest BCUT2D eigenvalue weighted by Crippen LogP contribution is -2.49. The Bertz CT molecular complexity index is 1210. The molecular weight excluding hydrogens is 448 g/mol. The third kappa shape index (κ3) is 5.07. The topological polar surface area (TPSA) is 92.9 Å². The summed E-state index contributed by atoms with van der Waals surface area (Å²) in [4.78, 5) is 29.8. The largest absolute Gasteiger partial charge is 0.338 e. The number of thioether (sulfide) groups is 1. The van der Waals surface area contributed by atoms with E-state index in [9.17, 15) is 4.79 Å². The first-order chi connectivity index (χ1) is 16.8. The second-order valence-electron chi connectivity index (χ2n) is 7.82. The summed E-state index contributed by atoms with van der Waals surface area (Å²) >= 11 is 1.42. The Morgan fingerprint density at radius 2 is 1.68 bits per heavy atom. The Morgan fingerprint density at radius 3 is 2.41 bits per heavy atom. The molecule has 0 spiro atoms. The highest BCUT2D eigenvalue weighted by Crippen LogP contribution is 2.25. The van der Waals surface area contributed by atoms with Gasteiger partial charge in [-0.2, -0.15) is 0 Å². The molecule has 1 aromatic carbocycles. The molecule has 0 N–H and O–H groups in total. The summed E-state index contributed by atoms with van der Waals surface area (Å²) in [6.45, 7) is 3.35. The second kappa shape index (κ2) is 10.4. The summed E-state index contributed by atoms with van der Waals surface area (Å²) in [5.41, 5.74) is 2.03. The van der Waals surface area contributed by atoms with Gasteiger partial charge in [0.2, 0.25) is 11.9 Å². The normalized spacial score (nSPS) is 13.8. The average Bonchev–Trinajstić information content (AvgIpc) is 3.31. The highest BCUT2D eigenvalue weighted by atomic mass is 32.2. The van der Waals surface area contributed by atoms with E-state index in [4.69, 9.17) is 0 Å². The number of rotatable bonds is 7. The molecule has 1 aliphatic rings. The van der Waals surface area contributed by atoms with Crippen molar-refractivity contribution in [3.05, 3.63) is 78.9 Å². The number of anilines is 1. The van der Waals surface area contributed by atoms with Gasteiger partial charge in [-0.25, -0.2) is 9.97 Å². The molecule has 5 rings (SSSR count). The van der Waals surface area contributed by atoms with Gasteiger partial charge in [-0.3, -0.25) is 14.3 Å². The van der Waals surface area contributed by atoms with Crippen LogP contribution in [0, 0.1) is 0 Å². The molecular formula is C24H24N8OS. The fourth-order valence-corrected chi connectivity index (χ4v) is 4.68. The van der Waals surface area contributed by atoms with Gasteiger partial charge in [0.1, 0.15) is 0 Å². The maximum absolute atomic E-state index is 12.9. The van der Waals surface area contributed by atoms with Crippen molar-refractivity contribution in [3.8, 4) is 11.4 Å². The molecule has 34 heavy (non-hydrogen) atoms. The van der Waals surface area contributed by atoms with Crippen molar-refractivity contribution in [2.45, 2.75) is 11.7 Å². The number of benzene rings is 1. The average molecular weight is 473 g/mol. The Labute approximate surface area is 201 Å². The predicted octanol–water partition coefficient (Wildman–Crippen LogP) is 2.62.